The van der Waals surface area contributed by atoms with Gasteiger partial charge in [-0.3, -0.25) is 10.1 Å². The van der Waals surface area contributed by atoms with Crippen LogP contribution in [0.3, 0.4) is 0 Å². The molecular weight excluding hydrogens is 298 g/mol. The number of nitrogens with one attached hydrogen (secondary N) is 2. The quantitative estimate of drug-likeness (QED) is 0.903. The minimum atomic E-state index is -0.440. The summed E-state index contributed by atoms with van der Waals surface area (Å²) < 4.78 is 0.971. The van der Waals surface area contributed by atoms with E-state index in [4.69, 9.17) is 0 Å². The molecule has 1 aromatic carbocycles. The molecule has 1 heterocycles. The number of tetrazole rings is 1. The van der Waals surface area contributed by atoms with E-state index >= 15 is 0 Å². The number of amides is 1. The second kappa shape index (κ2) is 4.16. The molecule has 92 valence electrons. The highest BCUT2D eigenvalue weighted by atomic mass is 79.9. The number of aromatic amines is 1. The molecule has 1 amide bonds. The van der Waals surface area contributed by atoms with E-state index in [2.05, 4.69) is 41.9 Å². The molecule has 1 saturated carbocycles. The lowest BCUT2D eigenvalue weighted by molar-refractivity contribution is -0.118. The fourth-order valence-electron chi connectivity index (χ4n) is 1.99. The minimum absolute atomic E-state index is 0.0815. The summed E-state index contributed by atoms with van der Waals surface area (Å²) in [5, 5.41) is 15.8. The highest BCUT2D eigenvalue weighted by molar-refractivity contribution is 9.10. The summed E-state index contributed by atoms with van der Waals surface area (Å²) in [5.74, 6) is 0.128. The van der Waals surface area contributed by atoms with Crippen LogP contribution in [0, 0.1) is 0 Å². The van der Waals surface area contributed by atoms with Gasteiger partial charge in [-0.1, -0.05) is 33.2 Å². The van der Waals surface area contributed by atoms with Crippen molar-refractivity contribution in [1.82, 2.24) is 20.6 Å². The van der Waals surface area contributed by atoms with Crippen LogP contribution in [0.2, 0.25) is 0 Å². The lowest BCUT2D eigenvalue weighted by atomic mass is 9.95. The van der Waals surface area contributed by atoms with Gasteiger partial charge in [0.1, 0.15) is 0 Å². The maximum atomic E-state index is 12.3. The van der Waals surface area contributed by atoms with Crippen molar-refractivity contribution in [2.24, 2.45) is 0 Å². The maximum Gasteiger partial charge on any atom is 0.269 e. The van der Waals surface area contributed by atoms with Gasteiger partial charge in [0.2, 0.25) is 5.91 Å². The number of H-pyrrole nitrogens is 1. The normalized spacial score (nSPS) is 16.3. The molecule has 6 nitrogen and oxygen atoms in total. The van der Waals surface area contributed by atoms with Crippen molar-refractivity contribution in [2.75, 3.05) is 5.32 Å². The average Bonchev–Trinajstić information content (AvgIpc) is 3.03. The summed E-state index contributed by atoms with van der Waals surface area (Å²) in [5.41, 5.74) is 0.572. The van der Waals surface area contributed by atoms with Gasteiger partial charge >= 0.3 is 0 Å². The fourth-order valence-corrected chi connectivity index (χ4v) is 2.39. The molecule has 3 rings (SSSR count). The third-order valence-corrected chi connectivity index (χ3v) is 3.63. The number of hydrogen-bond acceptors (Lipinski definition) is 4. The number of aromatic nitrogens is 4. The molecule has 18 heavy (non-hydrogen) atoms. The van der Waals surface area contributed by atoms with Crippen molar-refractivity contribution in [1.29, 1.82) is 0 Å². The van der Waals surface area contributed by atoms with Crippen molar-refractivity contribution >= 4 is 27.8 Å². The lowest BCUT2D eigenvalue weighted by Crippen LogP contribution is -2.28. The van der Waals surface area contributed by atoms with Crippen molar-refractivity contribution in [3.63, 3.8) is 0 Å². The third kappa shape index (κ3) is 1.90. The van der Waals surface area contributed by atoms with Gasteiger partial charge in [0.15, 0.2) is 0 Å². The van der Waals surface area contributed by atoms with E-state index in [1.54, 1.807) is 0 Å². The number of anilines is 1. The van der Waals surface area contributed by atoms with Crippen LogP contribution in [-0.2, 0) is 10.2 Å². The van der Waals surface area contributed by atoms with Gasteiger partial charge in [-0.2, -0.15) is 5.21 Å². The van der Waals surface area contributed by atoms with Crippen molar-refractivity contribution in [2.45, 2.75) is 18.3 Å². The first-order valence-electron chi connectivity index (χ1n) is 5.52. The molecule has 7 heteroatoms. The van der Waals surface area contributed by atoms with Crippen molar-refractivity contribution in [3.05, 3.63) is 34.3 Å². The van der Waals surface area contributed by atoms with E-state index in [0.29, 0.717) is 0 Å². The molecule has 2 N–H and O–H groups in total. The summed E-state index contributed by atoms with van der Waals surface area (Å²) in [6, 6.07) is 7.81. The molecule has 0 aliphatic heterocycles. The Morgan fingerprint density at radius 1 is 1.44 bits per heavy atom. The van der Waals surface area contributed by atoms with E-state index in [9.17, 15) is 4.79 Å². The molecule has 0 saturated heterocycles. The largest absolute Gasteiger partial charge is 0.291 e. The van der Waals surface area contributed by atoms with Crippen LogP contribution in [-0.4, -0.2) is 26.5 Å². The summed E-state index contributed by atoms with van der Waals surface area (Å²) in [6.07, 6.45) is 1.68. The Hall–Kier alpha value is -1.76. The first-order valence-corrected chi connectivity index (χ1v) is 6.31. The third-order valence-electron chi connectivity index (χ3n) is 3.13. The predicted molar refractivity (Wildman–Crippen MR) is 67.9 cm³/mol. The Morgan fingerprint density at radius 2 is 2.28 bits per heavy atom. The van der Waals surface area contributed by atoms with Gasteiger partial charge in [0, 0.05) is 4.47 Å². The van der Waals surface area contributed by atoms with Gasteiger partial charge in [-0.25, -0.2) is 0 Å². The summed E-state index contributed by atoms with van der Waals surface area (Å²) >= 11 is 3.42. The highest BCUT2D eigenvalue weighted by Crippen LogP contribution is 2.49. The lowest BCUT2D eigenvalue weighted by Gasteiger charge is -2.14. The fraction of sp³-hybridized carbons (Fsp3) is 0.273. The molecule has 1 aliphatic rings. The molecule has 0 unspecified atom stereocenters. The first kappa shape index (κ1) is 11.3. The Morgan fingerprint density at radius 3 is 2.89 bits per heavy atom. The standard InChI is InChI=1S/C11H10BrN5O/c12-8-3-1-2-7(6-8)11(4-5-11)9(18)13-10-14-16-17-15-10/h1-3,6H,4-5H2,(H2,13,14,15,16,17,18). The van der Waals surface area contributed by atoms with Gasteiger partial charge < -0.3 is 0 Å². The van der Waals surface area contributed by atoms with Gasteiger partial charge in [-0.05, 0) is 35.8 Å². The molecule has 1 fully saturated rings. The molecule has 0 atom stereocenters. The highest BCUT2D eigenvalue weighted by Gasteiger charge is 2.51. The number of nitrogens with zero attached hydrogens (tertiary/aromatic N) is 3. The maximum absolute atomic E-state index is 12.3. The summed E-state index contributed by atoms with van der Waals surface area (Å²) in [4.78, 5) is 12.3. The SMILES string of the molecule is O=C(Nc1nn[nH]n1)C1(c2cccc(Br)c2)CC1. The van der Waals surface area contributed by atoms with E-state index in [1.165, 1.54) is 0 Å². The number of rotatable bonds is 3. The molecule has 0 radical (unpaired) electrons. The number of halogens is 1. The van der Waals surface area contributed by atoms with Crippen LogP contribution in [0.25, 0.3) is 0 Å². The second-order valence-corrected chi connectivity index (χ2v) is 5.20. The van der Waals surface area contributed by atoms with Crippen LogP contribution >= 0.6 is 15.9 Å². The van der Waals surface area contributed by atoms with Crippen molar-refractivity contribution < 1.29 is 4.79 Å². The summed E-state index contributed by atoms with van der Waals surface area (Å²) in [6.45, 7) is 0. The van der Waals surface area contributed by atoms with Crippen LogP contribution < -0.4 is 5.32 Å². The Balaban J connectivity index is 1.85. The van der Waals surface area contributed by atoms with Gasteiger partial charge in [0.05, 0.1) is 5.41 Å². The van der Waals surface area contributed by atoms with Gasteiger partial charge in [0.25, 0.3) is 5.95 Å². The monoisotopic (exact) mass is 307 g/mol. The van der Waals surface area contributed by atoms with Gasteiger partial charge in [-0.15, -0.1) is 5.10 Å². The van der Waals surface area contributed by atoms with Crippen LogP contribution in [0.15, 0.2) is 28.7 Å². The smallest absolute Gasteiger partial charge is 0.269 e. The zero-order valence-electron chi connectivity index (χ0n) is 9.35. The number of benzene rings is 1. The molecule has 1 aliphatic carbocycles. The molecular formula is C11H10BrN5O. The Kier molecular flexibility index (Phi) is 2.62. The Bertz CT molecular complexity index is 579. The van der Waals surface area contributed by atoms with E-state index in [-0.39, 0.29) is 11.9 Å². The van der Waals surface area contributed by atoms with Crippen LogP contribution in [0.5, 0.6) is 0 Å². The number of carbonyl (C=O) groups is 1. The number of hydrogen-bond donors (Lipinski definition) is 2. The van der Waals surface area contributed by atoms with E-state index < -0.39 is 5.41 Å². The van der Waals surface area contributed by atoms with E-state index in [1.807, 2.05) is 24.3 Å². The molecule has 1 aromatic heterocycles. The zero-order chi connectivity index (χ0) is 12.6. The van der Waals surface area contributed by atoms with Crippen LogP contribution in [0.4, 0.5) is 5.95 Å². The molecule has 0 spiro atoms. The minimum Gasteiger partial charge on any atom is -0.291 e. The second-order valence-electron chi connectivity index (χ2n) is 4.28. The first-order chi connectivity index (χ1) is 8.71. The van der Waals surface area contributed by atoms with Crippen molar-refractivity contribution in [3.8, 4) is 0 Å². The van der Waals surface area contributed by atoms with Crippen LogP contribution in [0.1, 0.15) is 18.4 Å². The summed E-state index contributed by atoms with van der Waals surface area (Å²) in [7, 11) is 0. The predicted octanol–water partition coefficient (Wildman–Crippen LogP) is 1.63. The molecule has 0 bridgehead atoms. The Labute approximate surface area is 111 Å². The average molecular weight is 308 g/mol. The molecule has 2 aromatic rings. The van der Waals surface area contributed by atoms with E-state index in [0.717, 1.165) is 22.9 Å². The number of carbonyl (C=O) groups excluding carboxylic acids is 1. The topological polar surface area (TPSA) is 83.6 Å². The zero-order valence-corrected chi connectivity index (χ0v) is 10.9.